The van der Waals surface area contributed by atoms with Crippen LogP contribution in [0.1, 0.15) is 11.1 Å². The molecule has 5 nitrogen and oxygen atoms in total. The molecule has 2 aromatic rings. The molecule has 0 saturated heterocycles. The quantitative estimate of drug-likeness (QED) is 0.826. The molecule has 1 heterocycles. The largest absolute Gasteiger partial charge is 0.484 e. The van der Waals surface area contributed by atoms with E-state index in [2.05, 4.69) is 10.3 Å². The molecule has 1 aromatic carbocycles. The monoisotopic (exact) mass is 301 g/mol. The van der Waals surface area contributed by atoms with E-state index in [1.165, 1.54) is 0 Å². The fourth-order valence-electron chi connectivity index (χ4n) is 1.65. The lowest BCUT2D eigenvalue weighted by Gasteiger charge is -2.09. The highest BCUT2D eigenvalue weighted by Crippen LogP contribution is 2.13. The first kappa shape index (κ1) is 14.9. The SMILES string of the molecule is Cc1ccncc1NC(=O)COc1ccc(C(N)=S)cc1. The second kappa shape index (κ2) is 6.81. The van der Waals surface area contributed by atoms with E-state index in [1.54, 1.807) is 36.7 Å². The van der Waals surface area contributed by atoms with Gasteiger partial charge in [-0.15, -0.1) is 0 Å². The highest BCUT2D eigenvalue weighted by molar-refractivity contribution is 7.80. The van der Waals surface area contributed by atoms with E-state index < -0.39 is 0 Å². The molecule has 0 saturated carbocycles. The number of nitrogens with zero attached hydrogens (tertiary/aromatic N) is 1. The van der Waals surface area contributed by atoms with Crippen LogP contribution in [0.15, 0.2) is 42.7 Å². The van der Waals surface area contributed by atoms with Crippen LogP contribution in [-0.4, -0.2) is 22.5 Å². The molecule has 21 heavy (non-hydrogen) atoms. The molecule has 0 aliphatic carbocycles. The number of rotatable bonds is 5. The van der Waals surface area contributed by atoms with E-state index in [9.17, 15) is 4.79 Å². The predicted molar refractivity (Wildman–Crippen MR) is 85.4 cm³/mol. The molecule has 108 valence electrons. The van der Waals surface area contributed by atoms with Crippen LogP contribution in [0, 0.1) is 6.92 Å². The van der Waals surface area contributed by atoms with Gasteiger partial charge in [0.25, 0.3) is 5.91 Å². The minimum absolute atomic E-state index is 0.0826. The molecular formula is C15H15N3O2S. The topological polar surface area (TPSA) is 77.2 Å². The first-order valence-corrected chi connectivity index (χ1v) is 6.70. The average Bonchev–Trinajstić information content (AvgIpc) is 2.48. The fourth-order valence-corrected chi connectivity index (χ4v) is 1.78. The van der Waals surface area contributed by atoms with Crippen molar-refractivity contribution in [1.29, 1.82) is 0 Å². The minimum Gasteiger partial charge on any atom is -0.484 e. The second-order valence-corrected chi connectivity index (χ2v) is 4.86. The lowest BCUT2D eigenvalue weighted by atomic mass is 10.2. The molecule has 3 N–H and O–H groups in total. The smallest absolute Gasteiger partial charge is 0.262 e. The van der Waals surface area contributed by atoms with Crippen LogP contribution in [0.3, 0.4) is 0 Å². The Hall–Kier alpha value is -2.47. The molecule has 0 aliphatic rings. The van der Waals surface area contributed by atoms with Crippen molar-refractivity contribution in [2.24, 2.45) is 5.73 Å². The van der Waals surface area contributed by atoms with Gasteiger partial charge in [0.2, 0.25) is 0 Å². The average molecular weight is 301 g/mol. The molecule has 1 amide bonds. The third kappa shape index (κ3) is 4.25. The van der Waals surface area contributed by atoms with Gasteiger partial charge < -0.3 is 15.8 Å². The van der Waals surface area contributed by atoms with Gasteiger partial charge in [0.15, 0.2) is 6.61 Å². The van der Waals surface area contributed by atoms with Gasteiger partial charge in [-0.2, -0.15) is 0 Å². The molecule has 0 aliphatic heterocycles. The highest BCUT2D eigenvalue weighted by Gasteiger charge is 2.06. The predicted octanol–water partition coefficient (Wildman–Crippen LogP) is 2.04. The molecule has 0 spiro atoms. The molecule has 2 rings (SSSR count). The Kier molecular flexibility index (Phi) is 4.84. The van der Waals surface area contributed by atoms with Crippen molar-refractivity contribution < 1.29 is 9.53 Å². The number of ether oxygens (including phenoxy) is 1. The molecule has 0 unspecified atom stereocenters. The summed E-state index contributed by atoms with van der Waals surface area (Å²) in [5, 5.41) is 2.74. The van der Waals surface area contributed by atoms with E-state index in [0.717, 1.165) is 11.1 Å². The van der Waals surface area contributed by atoms with Gasteiger partial charge in [-0.3, -0.25) is 9.78 Å². The summed E-state index contributed by atoms with van der Waals surface area (Å²) < 4.78 is 5.40. The zero-order chi connectivity index (χ0) is 15.2. The van der Waals surface area contributed by atoms with Crippen molar-refractivity contribution in [3.63, 3.8) is 0 Å². The first-order valence-electron chi connectivity index (χ1n) is 6.29. The van der Waals surface area contributed by atoms with Crippen molar-refractivity contribution in [1.82, 2.24) is 4.98 Å². The second-order valence-electron chi connectivity index (χ2n) is 4.42. The zero-order valence-electron chi connectivity index (χ0n) is 11.5. The number of hydrogen-bond donors (Lipinski definition) is 2. The number of hydrogen-bond acceptors (Lipinski definition) is 4. The Morgan fingerprint density at radius 1 is 1.33 bits per heavy atom. The van der Waals surface area contributed by atoms with Gasteiger partial charge in [-0.05, 0) is 42.8 Å². The Morgan fingerprint density at radius 3 is 2.67 bits per heavy atom. The Bertz CT molecular complexity index is 656. The minimum atomic E-state index is -0.246. The van der Waals surface area contributed by atoms with Crippen LogP contribution >= 0.6 is 12.2 Å². The Balaban J connectivity index is 1.89. The number of anilines is 1. The highest BCUT2D eigenvalue weighted by atomic mass is 32.1. The van der Waals surface area contributed by atoms with Crippen molar-refractivity contribution in [2.45, 2.75) is 6.92 Å². The van der Waals surface area contributed by atoms with E-state index >= 15 is 0 Å². The standard InChI is InChI=1S/C15H15N3O2S/c1-10-6-7-17-8-13(10)18-14(19)9-20-12-4-2-11(3-5-12)15(16)21/h2-8H,9H2,1H3,(H2,16,21)(H,18,19). The third-order valence-electron chi connectivity index (χ3n) is 2.82. The lowest BCUT2D eigenvalue weighted by molar-refractivity contribution is -0.118. The Morgan fingerprint density at radius 2 is 2.05 bits per heavy atom. The fraction of sp³-hybridized carbons (Fsp3) is 0.133. The van der Waals surface area contributed by atoms with Crippen LogP contribution < -0.4 is 15.8 Å². The number of thiocarbonyl (C=S) groups is 1. The first-order chi connectivity index (χ1) is 10.1. The molecule has 0 radical (unpaired) electrons. The van der Waals surface area contributed by atoms with Crippen LogP contribution in [0.2, 0.25) is 0 Å². The Labute approximate surface area is 128 Å². The molecular weight excluding hydrogens is 286 g/mol. The molecule has 0 atom stereocenters. The number of aryl methyl sites for hydroxylation is 1. The van der Waals surface area contributed by atoms with Gasteiger partial charge in [0, 0.05) is 11.8 Å². The van der Waals surface area contributed by atoms with E-state index in [0.29, 0.717) is 16.4 Å². The maximum absolute atomic E-state index is 11.8. The van der Waals surface area contributed by atoms with Gasteiger partial charge in [0.1, 0.15) is 10.7 Å². The summed E-state index contributed by atoms with van der Waals surface area (Å²) in [7, 11) is 0. The van der Waals surface area contributed by atoms with E-state index in [4.69, 9.17) is 22.7 Å². The maximum atomic E-state index is 11.8. The number of nitrogens with two attached hydrogens (primary N) is 1. The summed E-state index contributed by atoms with van der Waals surface area (Å²) in [4.78, 5) is 16.1. The summed E-state index contributed by atoms with van der Waals surface area (Å²) in [5.74, 6) is 0.331. The van der Waals surface area contributed by atoms with Gasteiger partial charge in [0.05, 0.1) is 11.9 Å². The summed E-state index contributed by atoms with van der Waals surface area (Å²) in [6.45, 7) is 1.81. The maximum Gasteiger partial charge on any atom is 0.262 e. The number of aromatic nitrogens is 1. The van der Waals surface area contributed by atoms with Gasteiger partial charge in [-0.1, -0.05) is 12.2 Å². The zero-order valence-corrected chi connectivity index (χ0v) is 12.3. The molecule has 6 heteroatoms. The van der Waals surface area contributed by atoms with Crippen LogP contribution in [0.5, 0.6) is 5.75 Å². The number of carbonyl (C=O) groups is 1. The van der Waals surface area contributed by atoms with Gasteiger partial charge in [-0.25, -0.2) is 0 Å². The molecule has 0 fully saturated rings. The molecule has 0 bridgehead atoms. The number of pyridine rings is 1. The summed E-state index contributed by atoms with van der Waals surface area (Å²) in [6.07, 6.45) is 3.27. The third-order valence-corrected chi connectivity index (χ3v) is 3.06. The number of nitrogens with one attached hydrogen (secondary N) is 1. The summed E-state index contributed by atoms with van der Waals surface area (Å²) in [6, 6.07) is 8.76. The lowest BCUT2D eigenvalue weighted by Crippen LogP contribution is -2.20. The normalized spacial score (nSPS) is 9.95. The van der Waals surface area contributed by atoms with Crippen molar-refractivity contribution in [2.75, 3.05) is 11.9 Å². The van der Waals surface area contributed by atoms with Crippen molar-refractivity contribution in [3.8, 4) is 5.75 Å². The molecule has 1 aromatic heterocycles. The van der Waals surface area contributed by atoms with Gasteiger partial charge >= 0.3 is 0 Å². The van der Waals surface area contributed by atoms with Crippen molar-refractivity contribution in [3.05, 3.63) is 53.9 Å². The number of benzene rings is 1. The van der Waals surface area contributed by atoms with Crippen LogP contribution in [-0.2, 0) is 4.79 Å². The number of amides is 1. The van der Waals surface area contributed by atoms with E-state index in [1.807, 2.05) is 13.0 Å². The van der Waals surface area contributed by atoms with Crippen molar-refractivity contribution >= 4 is 28.8 Å². The summed E-state index contributed by atoms with van der Waals surface area (Å²) in [5.41, 5.74) is 7.88. The van der Waals surface area contributed by atoms with Crippen LogP contribution in [0.25, 0.3) is 0 Å². The summed E-state index contributed by atoms with van der Waals surface area (Å²) >= 11 is 4.86. The van der Waals surface area contributed by atoms with Crippen LogP contribution in [0.4, 0.5) is 5.69 Å². The number of carbonyl (C=O) groups excluding carboxylic acids is 1. The van der Waals surface area contributed by atoms with E-state index in [-0.39, 0.29) is 12.5 Å².